The number of nitrogens with two attached hydrogens (primary N) is 1. The van der Waals surface area contributed by atoms with Crippen molar-refractivity contribution in [2.24, 2.45) is 10.7 Å². The maximum Gasteiger partial charge on any atom is 0.407 e. The lowest BCUT2D eigenvalue weighted by Gasteiger charge is -2.35. The van der Waals surface area contributed by atoms with E-state index in [2.05, 4.69) is 27.2 Å². The molecule has 0 aromatic heterocycles. The maximum absolute atomic E-state index is 13.7. The fraction of sp³-hybridized carbons (Fsp3) is 0.372. The van der Waals surface area contributed by atoms with Crippen LogP contribution in [0.2, 0.25) is 0 Å². The van der Waals surface area contributed by atoms with Gasteiger partial charge in [0.05, 0.1) is 12.0 Å². The van der Waals surface area contributed by atoms with Crippen molar-refractivity contribution in [1.82, 2.24) is 10.0 Å². The van der Waals surface area contributed by atoms with Gasteiger partial charge in [-0.1, -0.05) is 60.7 Å². The Kier molecular flexibility index (Phi) is 11.9. The molecule has 56 heavy (non-hydrogen) atoms. The molecule has 0 spiro atoms. The molecule has 1 atom stereocenters. The molecule has 6 rings (SSSR count). The van der Waals surface area contributed by atoms with Crippen LogP contribution in [0.5, 0.6) is 11.5 Å². The van der Waals surface area contributed by atoms with Crippen LogP contribution in [0.4, 0.5) is 4.79 Å². The summed E-state index contributed by atoms with van der Waals surface area (Å²) >= 11 is 0. The van der Waals surface area contributed by atoms with Crippen molar-refractivity contribution >= 4 is 28.0 Å². The minimum Gasteiger partial charge on any atom is -0.497 e. The number of carbonyl (C=O) groups excluding carboxylic acids is 2. The summed E-state index contributed by atoms with van der Waals surface area (Å²) in [5, 5.41) is 2.68. The van der Waals surface area contributed by atoms with E-state index in [4.69, 9.17) is 24.7 Å². The number of guanidine groups is 1. The molecule has 0 saturated carbocycles. The lowest BCUT2D eigenvalue weighted by molar-refractivity contribution is -0.147. The van der Waals surface area contributed by atoms with Crippen molar-refractivity contribution in [1.29, 1.82) is 0 Å². The van der Waals surface area contributed by atoms with E-state index in [1.807, 2.05) is 57.2 Å². The lowest BCUT2D eigenvalue weighted by atomic mass is 9.88. The van der Waals surface area contributed by atoms with E-state index in [9.17, 15) is 18.0 Å². The Morgan fingerprint density at radius 2 is 1.57 bits per heavy atom. The van der Waals surface area contributed by atoms with Crippen molar-refractivity contribution in [2.75, 3.05) is 20.3 Å². The number of ether oxygens (including phenoxy) is 4. The van der Waals surface area contributed by atoms with Crippen molar-refractivity contribution in [3.8, 4) is 22.6 Å². The van der Waals surface area contributed by atoms with Gasteiger partial charge in [0.25, 0.3) is 10.0 Å². The second-order valence-electron chi connectivity index (χ2n) is 14.9. The first-order valence-corrected chi connectivity index (χ1v) is 20.2. The number of hydrogen-bond donors (Lipinski definition) is 3. The number of esters is 1. The molecule has 4 aromatic carbocycles. The molecule has 4 N–H and O–H groups in total. The zero-order chi connectivity index (χ0) is 40.2. The number of aliphatic imine (C=N–C) groups is 1. The van der Waals surface area contributed by atoms with E-state index in [1.165, 1.54) is 0 Å². The van der Waals surface area contributed by atoms with Gasteiger partial charge in [-0.3, -0.25) is 4.99 Å². The Labute approximate surface area is 328 Å². The minimum atomic E-state index is -4.09. The molecule has 0 fully saturated rings. The van der Waals surface area contributed by atoms with Crippen molar-refractivity contribution in [3.05, 3.63) is 112 Å². The molecule has 1 aliphatic heterocycles. The molecule has 4 aromatic rings. The van der Waals surface area contributed by atoms with Crippen LogP contribution in [0.1, 0.15) is 78.0 Å². The fourth-order valence-electron chi connectivity index (χ4n) is 7.48. The van der Waals surface area contributed by atoms with Crippen LogP contribution in [0.15, 0.2) is 82.7 Å². The first-order chi connectivity index (χ1) is 26.7. The number of methoxy groups -OCH3 is 1. The number of amides is 1. The molecule has 1 heterocycles. The van der Waals surface area contributed by atoms with Gasteiger partial charge in [0, 0.05) is 12.5 Å². The Hall–Kier alpha value is -5.56. The fourth-order valence-corrected chi connectivity index (χ4v) is 9.00. The van der Waals surface area contributed by atoms with Gasteiger partial charge in [-0.15, -0.1) is 0 Å². The Morgan fingerprint density at radius 3 is 2.21 bits per heavy atom. The molecule has 296 valence electrons. The van der Waals surface area contributed by atoms with Crippen LogP contribution in [0.25, 0.3) is 11.1 Å². The first-order valence-electron chi connectivity index (χ1n) is 18.7. The maximum atomic E-state index is 13.7. The highest BCUT2D eigenvalue weighted by Crippen LogP contribution is 2.45. The lowest BCUT2D eigenvalue weighted by Crippen LogP contribution is -2.42. The number of alkyl carbamates (subject to hydrolysis) is 1. The SMILES string of the molecule is COc1ccc(COC(=O)[C@H](CCCN=C(N)NS(=O)(=O)c2c(C)c(C)c3c(c2C)CCC(C)(C)O3)NC(=O)OCC2c3ccccc3-c3ccccc32)cc1. The zero-order valence-electron chi connectivity index (χ0n) is 32.7. The Morgan fingerprint density at radius 1 is 0.929 bits per heavy atom. The molecule has 0 radical (unpaired) electrons. The largest absolute Gasteiger partial charge is 0.497 e. The topological polar surface area (TPSA) is 168 Å². The Bertz CT molecular complexity index is 2210. The summed E-state index contributed by atoms with van der Waals surface area (Å²) in [6.07, 6.45) is 1.06. The summed E-state index contributed by atoms with van der Waals surface area (Å²) < 4.78 is 52.6. The summed E-state index contributed by atoms with van der Waals surface area (Å²) in [6, 6.07) is 22.0. The van der Waals surface area contributed by atoms with Crippen LogP contribution in [-0.4, -0.2) is 58.3 Å². The molecular formula is C43H50N4O8S. The molecular weight excluding hydrogens is 733 g/mol. The summed E-state index contributed by atoms with van der Waals surface area (Å²) in [5.74, 6) is 0.292. The quantitative estimate of drug-likeness (QED) is 0.0576. The van der Waals surface area contributed by atoms with Gasteiger partial charge in [-0.05, 0) is 123 Å². The van der Waals surface area contributed by atoms with Crippen molar-refractivity contribution in [3.63, 3.8) is 0 Å². The number of hydrogen-bond acceptors (Lipinski definition) is 9. The van der Waals surface area contributed by atoms with Gasteiger partial charge in [-0.2, -0.15) is 0 Å². The number of fused-ring (bicyclic) bond motifs is 4. The van der Waals surface area contributed by atoms with Gasteiger partial charge in [-0.25, -0.2) is 22.7 Å². The van der Waals surface area contributed by atoms with E-state index in [-0.39, 0.29) is 55.0 Å². The van der Waals surface area contributed by atoms with E-state index >= 15 is 0 Å². The highest BCUT2D eigenvalue weighted by atomic mass is 32.2. The van der Waals surface area contributed by atoms with E-state index in [0.29, 0.717) is 23.3 Å². The first kappa shape index (κ1) is 40.1. The predicted octanol–water partition coefficient (Wildman–Crippen LogP) is 6.75. The van der Waals surface area contributed by atoms with Crippen molar-refractivity contribution in [2.45, 2.75) is 89.4 Å². The smallest absolute Gasteiger partial charge is 0.407 e. The van der Waals surface area contributed by atoms with E-state index < -0.39 is 28.1 Å². The standard InChI is InChI=1S/C43H50N4O8S/c1-26-27(2)39(28(3)31-21-22-43(4,5)55-38(26)31)56(50,51)47-41(44)45-23-11-16-37(40(48)53-24-29-17-19-30(52-6)20-18-29)46-42(49)54-25-36-34-14-9-7-12-32(34)33-13-8-10-15-35(33)36/h7-10,12-15,17-20,36-37H,11,16,21-25H2,1-6H3,(H,46,49)(H3,44,45,47)/t37-/m0/s1. The molecule has 13 heteroatoms. The van der Waals surface area contributed by atoms with E-state index in [0.717, 1.165) is 51.1 Å². The summed E-state index contributed by atoms with van der Waals surface area (Å²) in [4.78, 5) is 31.0. The monoisotopic (exact) mass is 782 g/mol. The van der Waals surface area contributed by atoms with Crippen LogP contribution in [0.3, 0.4) is 0 Å². The van der Waals surface area contributed by atoms with Gasteiger partial charge >= 0.3 is 12.1 Å². The third-order valence-corrected chi connectivity index (χ3v) is 12.2. The second kappa shape index (κ2) is 16.7. The number of sulfonamides is 1. The molecule has 2 aliphatic rings. The normalized spacial score (nSPS) is 15.1. The van der Waals surface area contributed by atoms with Gasteiger partial charge in [0.15, 0.2) is 0 Å². The number of benzene rings is 4. The average Bonchev–Trinajstić information content (AvgIpc) is 3.49. The third kappa shape index (κ3) is 8.78. The van der Waals surface area contributed by atoms with Crippen LogP contribution in [-0.2, 0) is 37.3 Å². The zero-order valence-corrected chi connectivity index (χ0v) is 33.5. The van der Waals surface area contributed by atoms with Gasteiger partial charge < -0.3 is 30.0 Å². The third-order valence-electron chi connectivity index (χ3n) is 10.6. The predicted molar refractivity (Wildman–Crippen MR) is 215 cm³/mol. The minimum absolute atomic E-state index is 0.0243. The van der Waals surface area contributed by atoms with Gasteiger partial charge in [0.2, 0.25) is 5.96 Å². The van der Waals surface area contributed by atoms with Gasteiger partial charge in [0.1, 0.15) is 36.4 Å². The summed E-state index contributed by atoms with van der Waals surface area (Å²) in [6.45, 7) is 9.56. The summed E-state index contributed by atoms with van der Waals surface area (Å²) in [7, 11) is -2.53. The van der Waals surface area contributed by atoms with Crippen LogP contribution >= 0.6 is 0 Å². The second-order valence-corrected chi connectivity index (χ2v) is 16.5. The molecule has 0 unspecified atom stereocenters. The van der Waals surface area contributed by atoms with E-state index in [1.54, 1.807) is 45.2 Å². The van der Waals surface area contributed by atoms with Crippen LogP contribution in [0, 0.1) is 20.8 Å². The molecule has 12 nitrogen and oxygen atoms in total. The summed E-state index contributed by atoms with van der Waals surface area (Å²) in [5.41, 5.74) is 13.7. The Balaban J connectivity index is 1.10. The average molecular weight is 783 g/mol. The van der Waals surface area contributed by atoms with Crippen LogP contribution < -0.4 is 25.2 Å². The molecule has 0 bridgehead atoms. The molecule has 1 aliphatic carbocycles. The number of nitrogens with zero attached hydrogens (tertiary/aromatic N) is 1. The highest BCUT2D eigenvalue weighted by Gasteiger charge is 2.34. The highest BCUT2D eigenvalue weighted by molar-refractivity contribution is 7.90. The number of nitrogens with one attached hydrogen (secondary N) is 2. The molecule has 1 amide bonds. The number of carbonyl (C=O) groups is 2. The van der Waals surface area contributed by atoms with Crippen molar-refractivity contribution < 1.29 is 37.0 Å². The molecule has 0 saturated heterocycles. The number of rotatable bonds is 13.